The van der Waals surface area contributed by atoms with Crippen LogP contribution in [0.4, 0.5) is 0 Å². The Labute approximate surface area is 142 Å². The van der Waals surface area contributed by atoms with Gasteiger partial charge >= 0.3 is 0 Å². The second-order valence-corrected chi connectivity index (χ2v) is 8.15. The van der Waals surface area contributed by atoms with Gasteiger partial charge in [-0.2, -0.15) is 0 Å². The van der Waals surface area contributed by atoms with E-state index in [-0.39, 0.29) is 27.4 Å². The molecule has 0 aromatic heterocycles. The Hall–Kier alpha value is -0.340. The predicted molar refractivity (Wildman–Crippen MR) is 87.2 cm³/mol. The van der Waals surface area contributed by atoms with E-state index in [4.69, 9.17) is 23.2 Å². The van der Waals surface area contributed by atoms with Crippen LogP contribution < -0.4 is 10.0 Å². The van der Waals surface area contributed by atoms with Gasteiger partial charge < -0.3 is 5.32 Å². The smallest absolute Gasteiger partial charge is 0.244 e. The van der Waals surface area contributed by atoms with Crippen molar-refractivity contribution in [3.05, 3.63) is 26.7 Å². The first-order valence-electron chi connectivity index (χ1n) is 6.04. The van der Waals surface area contributed by atoms with Crippen LogP contribution in [0.5, 0.6) is 0 Å². The Morgan fingerprint density at radius 3 is 2.29 bits per heavy atom. The van der Waals surface area contributed by atoms with E-state index >= 15 is 0 Å². The van der Waals surface area contributed by atoms with E-state index in [1.807, 2.05) is 13.8 Å². The Morgan fingerprint density at radius 2 is 1.81 bits per heavy atom. The van der Waals surface area contributed by atoms with Crippen LogP contribution in [-0.2, 0) is 14.8 Å². The number of carbonyl (C=O) groups is 1. The predicted octanol–water partition coefficient (Wildman–Crippen LogP) is 2.81. The number of halogens is 3. The molecule has 21 heavy (non-hydrogen) atoms. The van der Waals surface area contributed by atoms with Crippen molar-refractivity contribution < 1.29 is 13.2 Å². The van der Waals surface area contributed by atoms with Crippen LogP contribution in [0.15, 0.2) is 21.5 Å². The van der Waals surface area contributed by atoms with Gasteiger partial charge in [0.05, 0.1) is 16.6 Å². The fourth-order valence-corrected chi connectivity index (χ4v) is 4.31. The highest BCUT2D eigenvalue weighted by Crippen LogP contribution is 2.32. The summed E-state index contributed by atoms with van der Waals surface area (Å²) < 4.78 is 27.0. The molecule has 9 heteroatoms. The molecular formula is C12H15BrCl2N2O3S. The number of carbonyl (C=O) groups excluding carboxylic acids is 1. The first kappa shape index (κ1) is 18.7. The first-order valence-corrected chi connectivity index (χ1v) is 9.07. The lowest BCUT2D eigenvalue weighted by Gasteiger charge is -2.11. The molecule has 1 amide bonds. The van der Waals surface area contributed by atoms with Crippen molar-refractivity contribution in [1.29, 1.82) is 0 Å². The molecular weight excluding hydrogens is 403 g/mol. The first-order chi connectivity index (χ1) is 9.63. The van der Waals surface area contributed by atoms with Crippen LogP contribution in [0, 0.1) is 5.92 Å². The standard InChI is InChI=1S/C12H15BrCl2N2O3S/c1-7(2)5-16-11(18)6-17-21(19,20)12-9(14)3-8(13)4-10(12)15/h3-4,7,17H,5-6H2,1-2H3,(H,16,18). The molecule has 0 aliphatic rings. The summed E-state index contributed by atoms with van der Waals surface area (Å²) in [5, 5.41) is 2.56. The number of amides is 1. The van der Waals surface area contributed by atoms with E-state index in [2.05, 4.69) is 26.0 Å². The van der Waals surface area contributed by atoms with Gasteiger partial charge in [-0.25, -0.2) is 13.1 Å². The van der Waals surface area contributed by atoms with Crippen molar-refractivity contribution >= 4 is 55.1 Å². The maximum absolute atomic E-state index is 12.2. The molecule has 0 saturated carbocycles. The highest BCUT2D eigenvalue weighted by atomic mass is 79.9. The minimum absolute atomic E-state index is 0.0236. The Kier molecular flexibility index (Phi) is 6.93. The van der Waals surface area contributed by atoms with E-state index in [1.165, 1.54) is 12.1 Å². The van der Waals surface area contributed by atoms with Crippen LogP contribution >= 0.6 is 39.1 Å². The lowest BCUT2D eigenvalue weighted by atomic mass is 10.2. The van der Waals surface area contributed by atoms with Crippen molar-refractivity contribution in [2.24, 2.45) is 5.92 Å². The minimum Gasteiger partial charge on any atom is -0.355 e. The zero-order valence-electron chi connectivity index (χ0n) is 11.4. The van der Waals surface area contributed by atoms with E-state index < -0.39 is 15.9 Å². The highest BCUT2D eigenvalue weighted by molar-refractivity contribution is 9.10. The molecule has 0 unspecified atom stereocenters. The molecule has 1 rings (SSSR count). The van der Waals surface area contributed by atoms with Crippen molar-refractivity contribution in [3.8, 4) is 0 Å². The van der Waals surface area contributed by atoms with Crippen LogP contribution in [0.2, 0.25) is 10.0 Å². The number of sulfonamides is 1. The number of nitrogens with one attached hydrogen (secondary N) is 2. The minimum atomic E-state index is -3.97. The second-order valence-electron chi connectivity index (χ2n) is 4.72. The largest absolute Gasteiger partial charge is 0.355 e. The SMILES string of the molecule is CC(C)CNC(=O)CNS(=O)(=O)c1c(Cl)cc(Br)cc1Cl. The molecule has 0 heterocycles. The van der Waals surface area contributed by atoms with Gasteiger partial charge in [-0.3, -0.25) is 4.79 Å². The van der Waals surface area contributed by atoms with Gasteiger partial charge in [0.15, 0.2) is 0 Å². The summed E-state index contributed by atoms with van der Waals surface area (Å²) in [5.74, 6) is -0.141. The number of hydrogen-bond donors (Lipinski definition) is 2. The third kappa shape index (κ3) is 5.75. The van der Waals surface area contributed by atoms with Crippen molar-refractivity contribution in [2.45, 2.75) is 18.7 Å². The molecule has 0 spiro atoms. The molecule has 2 N–H and O–H groups in total. The fourth-order valence-electron chi connectivity index (χ4n) is 1.40. The topological polar surface area (TPSA) is 75.3 Å². The molecule has 118 valence electrons. The monoisotopic (exact) mass is 416 g/mol. The normalized spacial score (nSPS) is 11.7. The highest BCUT2D eigenvalue weighted by Gasteiger charge is 2.23. The summed E-state index contributed by atoms with van der Waals surface area (Å²) in [5.41, 5.74) is 0. The van der Waals surface area contributed by atoms with Crippen molar-refractivity contribution in [1.82, 2.24) is 10.0 Å². The van der Waals surface area contributed by atoms with Crippen LogP contribution in [-0.4, -0.2) is 27.4 Å². The maximum Gasteiger partial charge on any atom is 0.244 e. The molecule has 0 aliphatic carbocycles. The summed E-state index contributed by atoms with van der Waals surface area (Å²) in [6, 6.07) is 2.83. The van der Waals surface area contributed by atoms with Crippen molar-refractivity contribution in [2.75, 3.05) is 13.1 Å². The maximum atomic E-state index is 12.2. The average Bonchev–Trinajstić information content (AvgIpc) is 2.32. The van der Waals surface area contributed by atoms with E-state index in [9.17, 15) is 13.2 Å². The molecule has 0 bridgehead atoms. The zero-order valence-corrected chi connectivity index (χ0v) is 15.3. The number of benzene rings is 1. The quantitative estimate of drug-likeness (QED) is 0.747. The number of rotatable bonds is 6. The van der Waals surface area contributed by atoms with E-state index in [0.717, 1.165) is 0 Å². The van der Waals surface area contributed by atoms with Gasteiger partial charge in [0, 0.05) is 11.0 Å². The van der Waals surface area contributed by atoms with Crippen LogP contribution in [0.3, 0.4) is 0 Å². The molecule has 0 fully saturated rings. The van der Waals surface area contributed by atoms with Crippen molar-refractivity contribution in [3.63, 3.8) is 0 Å². The summed E-state index contributed by atoms with van der Waals surface area (Å²) in [4.78, 5) is 11.3. The third-order valence-electron chi connectivity index (χ3n) is 2.36. The van der Waals surface area contributed by atoms with E-state index in [1.54, 1.807) is 0 Å². The molecule has 1 aromatic rings. The molecule has 0 radical (unpaired) electrons. The van der Waals surface area contributed by atoms with Gasteiger partial charge in [0.2, 0.25) is 15.9 Å². The van der Waals surface area contributed by atoms with Gasteiger partial charge in [-0.05, 0) is 18.1 Å². The Morgan fingerprint density at radius 1 is 1.29 bits per heavy atom. The second kappa shape index (κ2) is 7.78. The van der Waals surface area contributed by atoms with Gasteiger partial charge in [-0.15, -0.1) is 0 Å². The Balaban J connectivity index is 2.82. The number of hydrogen-bond acceptors (Lipinski definition) is 3. The lowest BCUT2D eigenvalue weighted by molar-refractivity contribution is -0.120. The third-order valence-corrected chi connectivity index (χ3v) is 5.14. The van der Waals surface area contributed by atoms with Gasteiger partial charge in [0.25, 0.3) is 0 Å². The molecule has 0 aliphatic heterocycles. The summed E-state index contributed by atoms with van der Waals surface area (Å²) >= 11 is 15.0. The fraction of sp³-hybridized carbons (Fsp3) is 0.417. The lowest BCUT2D eigenvalue weighted by Crippen LogP contribution is -2.38. The molecule has 1 aromatic carbocycles. The molecule has 0 atom stereocenters. The summed E-state index contributed by atoms with van der Waals surface area (Å²) in [6.07, 6.45) is 0. The summed E-state index contributed by atoms with van der Waals surface area (Å²) in [6.45, 7) is 3.97. The van der Waals surface area contributed by atoms with Gasteiger partial charge in [0.1, 0.15) is 4.90 Å². The summed E-state index contributed by atoms with van der Waals surface area (Å²) in [7, 11) is -3.97. The van der Waals surface area contributed by atoms with Gasteiger partial charge in [-0.1, -0.05) is 53.0 Å². The molecule has 5 nitrogen and oxygen atoms in total. The van der Waals surface area contributed by atoms with Crippen LogP contribution in [0.25, 0.3) is 0 Å². The zero-order chi connectivity index (χ0) is 16.2. The Bertz CT molecular complexity index is 612. The van der Waals surface area contributed by atoms with Crippen LogP contribution in [0.1, 0.15) is 13.8 Å². The van der Waals surface area contributed by atoms with E-state index in [0.29, 0.717) is 11.0 Å². The average molecular weight is 418 g/mol. The molecule has 0 saturated heterocycles.